The van der Waals surface area contributed by atoms with Crippen LogP contribution >= 0.6 is 23.8 Å². The predicted molar refractivity (Wildman–Crippen MR) is 95.3 cm³/mol. The fourth-order valence-corrected chi connectivity index (χ4v) is 3.00. The summed E-state index contributed by atoms with van der Waals surface area (Å²) in [6.07, 6.45) is 0. The lowest BCUT2D eigenvalue weighted by atomic mass is 10.0. The van der Waals surface area contributed by atoms with E-state index in [1.165, 1.54) is 0 Å². The van der Waals surface area contributed by atoms with E-state index >= 15 is 0 Å². The smallest absolute Gasteiger partial charge is 0.106 e. The summed E-state index contributed by atoms with van der Waals surface area (Å²) < 4.78 is 0. The summed E-state index contributed by atoms with van der Waals surface area (Å²) in [6, 6.07) is 14.0. The molecule has 0 aliphatic rings. The van der Waals surface area contributed by atoms with Crippen LogP contribution in [0.1, 0.15) is 29.7 Å². The van der Waals surface area contributed by atoms with Crippen LogP contribution in [0.3, 0.4) is 0 Å². The van der Waals surface area contributed by atoms with E-state index in [9.17, 15) is 0 Å². The van der Waals surface area contributed by atoms with Gasteiger partial charge >= 0.3 is 0 Å². The maximum Gasteiger partial charge on any atom is 0.106 e. The fourth-order valence-electron chi connectivity index (χ4n) is 2.54. The third-order valence-electron chi connectivity index (χ3n) is 3.79. The highest BCUT2D eigenvalue weighted by molar-refractivity contribution is 7.80. The lowest BCUT2D eigenvalue weighted by Crippen LogP contribution is -2.26. The lowest BCUT2D eigenvalue weighted by Gasteiger charge is -2.31. The molecule has 2 aromatic carbocycles. The Kier molecular flexibility index (Phi) is 4.86. The molecule has 2 nitrogen and oxygen atoms in total. The Morgan fingerprint density at radius 1 is 1.19 bits per heavy atom. The molecule has 110 valence electrons. The van der Waals surface area contributed by atoms with Gasteiger partial charge in [0.2, 0.25) is 0 Å². The number of aryl methyl sites for hydroxylation is 1. The molecular weight excluding hydrogens is 300 g/mol. The molecule has 0 radical (unpaired) electrons. The maximum absolute atomic E-state index is 6.32. The summed E-state index contributed by atoms with van der Waals surface area (Å²) in [5, 5.41) is 0.766. The molecule has 1 atom stereocenters. The highest BCUT2D eigenvalue weighted by atomic mass is 35.5. The number of nitrogens with zero attached hydrogens (tertiary/aromatic N) is 1. The minimum Gasteiger partial charge on any atom is -0.389 e. The van der Waals surface area contributed by atoms with E-state index in [0.29, 0.717) is 4.99 Å². The van der Waals surface area contributed by atoms with Crippen LogP contribution in [0, 0.1) is 6.92 Å². The third-order valence-corrected chi connectivity index (χ3v) is 4.36. The monoisotopic (exact) mass is 318 g/mol. The number of rotatable bonds is 4. The van der Waals surface area contributed by atoms with E-state index in [2.05, 4.69) is 24.8 Å². The minimum atomic E-state index is 0.118. The molecule has 0 fully saturated rings. The number of anilines is 1. The van der Waals surface area contributed by atoms with E-state index in [0.717, 1.165) is 27.4 Å². The second kappa shape index (κ2) is 6.46. The maximum atomic E-state index is 6.32. The molecule has 4 heteroatoms. The van der Waals surface area contributed by atoms with Gasteiger partial charge in [-0.3, -0.25) is 0 Å². The molecule has 2 aromatic rings. The van der Waals surface area contributed by atoms with Gasteiger partial charge in [-0.25, -0.2) is 0 Å². The number of hydrogen-bond donors (Lipinski definition) is 1. The van der Waals surface area contributed by atoms with Crippen LogP contribution in [0.2, 0.25) is 5.02 Å². The molecule has 0 aromatic heterocycles. The Morgan fingerprint density at radius 2 is 1.86 bits per heavy atom. The zero-order valence-electron chi connectivity index (χ0n) is 12.4. The molecule has 2 N–H and O–H groups in total. The van der Waals surface area contributed by atoms with Crippen LogP contribution < -0.4 is 10.6 Å². The number of para-hydroxylation sites is 1. The second-order valence-electron chi connectivity index (χ2n) is 5.14. The van der Waals surface area contributed by atoms with Crippen molar-refractivity contribution in [3.63, 3.8) is 0 Å². The number of thiocarbonyl (C=S) groups is 1. The molecule has 0 aliphatic heterocycles. The first-order valence-corrected chi connectivity index (χ1v) is 7.58. The Morgan fingerprint density at radius 3 is 2.48 bits per heavy atom. The van der Waals surface area contributed by atoms with Gasteiger partial charge in [-0.1, -0.05) is 54.2 Å². The van der Waals surface area contributed by atoms with Crippen molar-refractivity contribution in [1.82, 2.24) is 0 Å². The van der Waals surface area contributed by atoms with E-state index < -0.39 is 0 Å². The van der Waals surface area contributed by atoms with Gasteiger partial charge in [-0.2, -0.15) is 0 Å². The SMILES string of the molecule is Cc1cccc(C(N)=S)c1N(C)C(C)c1ccccc1Cl. The molecule has 0 saturated heterocycles. The summed E-state index contributed by atoms with van der Waals surface area (Å²) in [6.45, 7) is 4.18. The first kappa shape index (κ1) is 15.8. The van der Waals surface area contributed by atoms with Crippen LogP contribution in [0.5, 0.6) is 0 Å². The largest absolute Gasteiger partial charge is 0.389 e. The summed E-state index contributed by atoms with van der Waals surface area (Å²) in [5.74, 6) is 0. The Bertz CT molecular complexity index is 670. The summed E-state index contributed by atoms with van der Waals surface area (Å²) >= 11 is 11.5. The van der Waals surface area contributed by atoms with E-state index in [1.54, 1.807) is 0 Å². The second-order valence-corrected chi connectivity index (χ2v) is 5.99. The standard InChI is InChI=1S/C17H19ClN2S/c1-11-7-6-9-14(17(19)21)16(11)20(3)12(2)13-8-4-5-10-15(13)18/h4-10,12H,1-3H3,(H2,19,21). The van der Waals surface area contributed by atoms with Crippen LogP contribution in [-0.4, -0.2) is 12.0 Å². The molecular formula is C17H19ClN2S. The zero-order valence-corrected chi connectivity index (χ0v) is 14.0. The Hall–Kier alpha value is -1.58. The van der Waals surface area contributed by atoms with Gasteiger partial charge in [-0.05, 0) is 37.1 Å². The Labute approximate surface area is 136 Å². The molecule has 0 heterocycles. The fraction of sp³-hybridized carbons (Fsp3) is 0.235. The number of benzene rings is 2. The number of hydrogen-bond acceptors (Lipinski definition) is 2. The first-order chi connectivity index (χ1) is 9.93. The normalized spacial score (nSPS) is 12.0. The van der Waals surface area contributed by atoms with Crippen molar-refractivity contribution in [2.45, 2.75) is 19.9 Å². The van der Waals surface area contributed by atoms with E-state index in [1.807, 2.05) is 43.4 Å². The molecule has 21 heavy (non-hydrogen) atoms. The molecule has 0 spiro atoms. The van der Waals surface area contributed by atoms with Crippen molar-refractivity contribution in [2.75, 3.05) is 11.9 Å². The number of halogens is 1. The molecule has 1 unspecified atom stereocenters. The first-order valence-electron chi connectivity index (χ1n) is 6.80. The molecule has 0 amide bonds. The van der Waals surface area contributed by atoms with Crippen molar-refractivity contribution < 1.29 is 0 Å². The minimum absolute atomic E-state index is 0.118. The van der Waals surface area contributed by atoms with Gasteiger partial charge in [0, 0.05) is 17.6 Å². The highest BCUT2D eigenvalue weighted by Gasteiger charge is 2.19. The molecule has 0 bridgehead atoms. The molecule has 0 aliphatic carbocycles. The number of nitrogens with two attached hydrogens (primary N) is 1. The molecule has 2 rings (SSSR count). The quantitative estimate of drug-likeness (QED) is 0.843. The topological polar surface area (TPSA) is 29.3 Å². The summed E-state index contributed by atoms with van der Waals surface area (Å²) in [7, 11) is 2.04. The van der Waals surface area contributed by atoms with Gasteiger partial charge < -0.3 is 10.6 Å². The van der Waals surface area contributed by atoms with Crippen LogP contribution in [-0.2, 0) is 0 Å². The Balaban J connectivity index is 2.48. The van der Waals surface area contributed by atoms with Crippen molar-refractivity contribution >= 4 is 34.5 Å². The van der Waals surface area contributed by atoms with Gasteiger partial charge in [0.15, 0.2) is 0 Å². The van der Waals surface area contributed by atoms with Crippen molar-refractivity contribution in [3.05, 3.63) is 64.2 Å². The van der Waals surface area contributed by atoms with Gasteiger partial charge in [0.25, 0.3) is 0 Å². The summed E-state index contributed by atoms with van der Waals surface area (Å²) in [4.78, 5) is 2.58. The average molecular weight is 319 g/mol. The van der Waals surface area contributed by atoms with Gasteiger partial charge in [-0.15, -0.1) is 0 Å². The van der Waals surface area contributed by atoms with Crippen molar-refractivity contribution in [2.24, 2.45) is 5.73 Å². The van der Waals surface area contributed by atoms with E-state index in [4.69, 9.17) is 29.6 Å². The average Bonchev–Trinajstić information content (AvgIpc) is 2.46. The van der Waals surface area contributed by atoms with Crippen LogP contribution in [0.15, 0.2) is 42.5 Å². The van der Waals surface area contributed by atoms with E-state index in [-0.39, 0.29) is 6.04 Å². The third kappa shape index (κ3) is 3.20. The van der Waals surface area contributed by atoms with Gasteiger partial charge in [0.05, 0.1) is 11.7 Å². The summed E-state index contributed by atoms with van der Waals surface area (Å²) in [5.41, 5.74) is 10.0. The zero-order chi connectivity index (χ0) is 15.6. The van der Waals surface area contributed by atoms with Crippen LogP contribution in [0.4, 0.5) is 5.69 Å². The predicted octanol–water partition coefficient (Wildman–Crippen LogP) is 4.48. The van der Waals surface area contributed by atoms with Crippen LogP contribution in [0.25, 0.3) is 0 Å². The molecule has 0 saturated carbocycles. The van der Waals surface area contributed by atoms with Gasteiger partial charge in [0.1, 0.15) is 4.99 Å². The van der Waals surface area contributed by atoms with Crippen molar-refractivity contribution in [1.29, 1.82) is 0 Å². The van der Waals surface area contributed by atoms with Crippen molar-refractivity contribution in [3.8, 4) is 0 Å². The lowest BCUT2D eigenvalue weighted by molar-refractivity contribution is 0.737. The highest BCUT2D eigenvalue weighted by Crippen LogP contribution is 2.33.